The van der Waals surface area contributed by atoms with Crippen molar-refractivity contribution in [2.24, 2.45) is 0 Å². The minimum absolute atomic E-state index is 0.132. The third-order valence-electron chi connectivity index (χ3n) is 6.02. The molecular formula is C24H27N5O2S. The van der Waals surface area contributed by atoms with Gasteiger partial charge in [0.1, 0.15) is 11.6 Å². The van der Waals surface area contributed by atoms with Gasteiger partial charge >= 0.3 is 0 Å². The van der Waals surface area contributed by atoms with Crippen LogP contribution in [-0.4, -0.2) is 62.6 Å². The van der Waals surface area contributed by atoms with Crippen LogP contribution in [0.1, 0.15) is 30.1 Å². The molecule has 1 aliphatic heterocycles. The third kappa shape index (κ3) is 4.75. The van der Waals surface area contributed by atoms with E-state index in [0.717, 1.165) is 36.3 Å². The van der Waals surface area contributed by atoms with E-state index in [0.29, 0.717) is 24.8 Å². The largest absolute Gasteiger partial charge is 0.508 e. The Labute approximate surface area is 192 Å². The molecule has 32 heavy (non-hydrogen) atoms. The molecule has 2 fully saturated rings. The van der Waals surface area contributed by atoms with Crippen LogP contribution in [0.5, 0.6) is 5.75 Å². The second-order valence-corrected chi connectivity index (χ2v) is 9.31. The van der Waals surface area contributed by atoms with Crippen LogP contribution in [0, 0.1) is 0 Å². The standard InChI is InChI=1S/C24H27N5O2S/c30-21-8-4-7-20(15-21)27-11-13-28(14-12-27)22(31)17-32-24-26-25-23(19-9-10-19)29(24)16-18-5-2-1-3-6-18/h1-8,15,19,30H,9-14,16-17H2. The van der Waals surface area contributed by atoms with Crippen molar-refractivity contribution in [1.29, 1.82) is 0 Å². The van der Waals surface area contributed by atoms with E-state index >= 15 is 0 Å². The summed E-state index contributed by atoms with van der Waals surface area (Å²) >= 11 is 1.48. The van der Waals surface area contributed by atoms with Crippen LogP contribution < -0.4 is 4.90 Å². The lowest BCUT2D eigenvalue weighted by molar-refractivity contribution is -0.128. The van der Waals surface area contributed by atoms with Crippen LogP contribution in [-0.2, 0) is 11.3 Å². The molecule has 5 rings (SSSR count). The van der Waals surface area contributed by atoms with E-state index in [1.807, 2.05) is 35.2 Å². The number of hydrogen-bond acceptors (Lipinski definition) is 6. The van der Waals surface area contributed by atoms with Crippen molar-refractivity contribution in [2.45, 2.75) is 30.5 Å². The van der Waals surface area contributed by atoms with Gasteiger partial charge in [-0.05, 0) is 30.5 Å². The maximum atomic E-state index is 12.9. The monoisotopic (exact) mass is 449 g/mol. The van der Waals surface area contributed by atoms with E-state index in [-0.39, 0.29) is 11.7 Å². The van der Waals surface area contributed by atoms with Crippen LogP contribution in [0.15, 0.2) is 59.8 Å². The summed E-state index contributed by atoms with van der Waals surface area (Å²) in [5.74, 6) is 2.31. The molecule has 3 aromatic rings. The summed E-state index contributed by atoms with van der Waals surface area (Å²) < 4.78 is 2.19. The SMILES string of the molecule is O=C(CSc1nnc(C2CC2)n1Cc1ccccc1)N1CCN(c2cccc(O)c2)CC1. The van der Waals surface area contributed by atoms with Crippen LogP contribution in [0.25, 0.3) is 0 Å². The molecule has 0 atom stereocenters. The number of carbonyl (C=O) groups excluding carboxylic acids is 1. The average molecular weight is 450 g/mol. The molecule has 1 aromatic heterocycles. The van der Waals surface area contributed by atoms with Gasteiger partial charge in [0.2, 0.25) is 5.91 Å². The lowest BCUT2D eigenvalue weighted by Gasteiger charge is -2.36. The highest BCUT2D eigenvalue weighted by Gasteiger charge is 2.31. The average Bonchev–Trinajstić information content (AvgIpc) is 3.60. The number of phenols is 1. The molecular weight excluding hydrogens is 422 g/mol. The summed E-state index contributed by atoms with van der Waals surface area (Å²) in [4.78, 5) is 17.0. The Hall–Kier alpha value is -3.00. The quantitative estimate of drug-likeness (QED) is 0.558. The van der Waals surface area contributed by atoms with Gasteiger partial charge in [0.15, 0.2) is 5.16 Å². The van der Waals surface area contributed by atoms with Crippen molar-refractivity contribution in [3.05, 3.63) is 66.0 Å². The number of hydrogen-bond donors (Lipinski definition) is 1. The molecule has 2 heterocycles. The predicted octanol–water partition coefficient (Wildman–Crippen LogP) is 3.35. The topological polar surface area (TPSA) is 74.5 Å². The first kappa shape index (κ1) is 20.9. The normalized spacial score (nSPS) is 16.4. The Morgan fingerprint density at radius 2 is 1.78 bits per heavy atom. The number of benzene rings is 2. The van der Waals surface area contributed by atoms with E-state index in [9.17, 15) is 9.90 Å². The lowest BCUT2D eigenvalue weighted by atomic mass is 10.2. The number of phenolic OH excluding ortho intramolecular Hbond substituents is 1. The number of aromatic nitrogens is 3. The van der Waals surface area contributed by atoms with Crippen molar-refractivity contribution in [2.75, 3.05) is 36.8 Å². The van der Waals surface area contributed by atoms with Crippen molar-refractivity contribution in [3.8, 4) is 5.75 Å². The Kier molecular flexibility index (Phi) is 6.03. The van der Waals surface area contributed by atoms with Gasteiger partial charge < -0.3 is 19.5 Å². The number of amides is 1. The fraction of sp³-hybridized carbons (Fsp3) is 0.375. The van der Waals surface area contributed by atoms with E-state index in [4.69, 9.17) is 0 Å². The van der Waals surface area contributed by atoms with Gasteiger partial charge in [-0.25, -0.2) is 0 Å². The molecule has 8 heteroatoms. The zero-order valence-electron chi connectivity index (χ0n) is 17.9. The highest BCUT2D eigenvalue weighted by molar-refractivity contribution is 7.99. The highest BCUT2D eigenvalue weighted by atomic mass is 32.2. The number of nitrogens with zero attached hydrogens (tertiary/aromatic N) is 5. The lowest BCUT2D eigenvalue weighted by Crippen LogP contribution is -2.49. The molecule has 1 aliphatic carbocycles. The molecule has 1 amide bonds. The first-order valence-electron chi connectivity index (χ1n) is 11.1. The second kappa shape index (κ2) is 9.24. The van der Waals surface area contributed by atoms with Crippen LogP contribution in [0.2, 0.25) is 0 Å². The number of rotatable bonds is 7. The summed E-state index contributed by atoms with van der Waals surface area (Å²) in [5, 5.41) is 19.4. The van der Waals surface area contributed by atoms with Crippen LogP contribution >= 0.6 is 11.8 Å². The number of thioether (sulfide) groups is 1. The molecule has 7 nitrogen and oxygen atoms in total. The smallest absolute Gasteiger partial charge is 0.233 e. The summed E-state index contributed by atoms with van der Waals surface area (Å²) in [6.07, 6.45) is 2.33. The van der Waals surface area contributed by atoms with Crippen LogP contribution in [0.4, 0.5) is 5.69 Å². The third-order valence-corrected chi connectivity index (χ3v) is 6.97. The first-order valence-corrected chi connectivity index (χ1v) is 12.1. The van der Waals surface area contributed by atoms with Gasteiger partial charge in [-0.1, -0.05) is 48.2 Å². The summed E-state index contributed by atoms with van der Waals surface area (Å²) in [6, 6.07) is 17.6. The number of piperazine rings is 1. The summed E-state index contributed by atoms with van der Waals surface area (Å²) in [6.45, 7) is 3.61. The minimum Gasteiger partial charge on any atom is -0.508 e. The number of anilines is 1. The maximum absolute atomic E-state index is 12.9. The van der Waals surface area contributed by atoms with E-state index < -0.39 is 0 Å². The van der Waals surface area contributed by atoms with Gasteiger partial charge in [0, 0.05) is 43.9 Å². The fourth-order valence-electron chi connectivity index (χ4n) is 4.09. The molecule has 0 radical (unpaired) electrons. The van der Waals surface area contributed by atoms with E-state index in [1.165, 1.54) is 30.2 Å². The predicted molar refractivity (Wildman–Crippen MR) is 125 cm³/mol. The molecule has 0 spiro atoms. The van der Waals surface area contributed by atoms with Crippen molar-refractivity contribution in [3.63, 3.8) is 0 Å². The molecule has 0 unspecified atom stereocenters. The molecule has 2 aromatic carbocycles. The van der Waals surface area contributed by atoms with E-state index in [1.54, 1.807) is 12.1 Å². The maximum Gasteiger partial charge on any atom is 0.233 e. The highest BCUT2D eigenvalue weighted by Crippen LogP contribution is 2.40. The Bertz CT molecular complexity index is 1080. The molecule has 1 N–H and O–H groups in total. The van der Waals surface area contributed by atoms with Crippen molar-refractivity contribution < 1.29 is 9.90 Å². The van der Waals surface area contributed by atoms with Gasteiger partial charge in [0.25, 0.3) is 0 Å². The van der Waals surface area contributed by atoms with Gasteiger partial charge in [-0.3, -0.25) is 4.79 Å². The van der Waals surface area contributed by atoms with Crippen LogP contribution in [0.3, 0.4) is 0 Å². The van der Waals surface area contributed by atoms with Gasteiger partial charge in [-0.2, -0.15) is 0 Å². The van der Waals surface area contributed by atoms with Gasteiger partial charge in [0.05, 0.1) is 12.3 Å². The van der Waals surface area contributed by atoms with Crippen molar-refractivity contribution in [1.82, 2.24) is 19.7 Å². The molecule has 1 saturated heterocycles. The summed E-state index contributed by atoms with van der Waals surface area (Å²) in [5.41, 5.74) is 2.21. The summed E-state index contributed by atoms with van der Waals surface area (Å²) in [7, 11) is 0. The second-order valence-electron chi connectivity index (χ2n) is 8.36. The molecule has 1 saturated carbocycles. The number of carbonyl (C=O) groups is 1. The van der Waals surface area contributed by atoms with Gasteiger partial charge in [-0.15, -0.1) is 10.2 Å². The van der Waals surface area contributed by atoms with Crippen molar-refractivity contribution >= 4 is 23.4 Å². The number of aromatic hydroxyl groups is 1. The fourth-order valence-corrected chi connectivity index (χ4v) is 4.93. The zero-order chi connectivity index (χ0) is 21.9. The Balaban J connectivity index is 1.19. The Morgan fingerprint density at radius 3 is 2.50 bits per heavy atom. The molecule has 2 aliphatic rings. The molecule has 166 valence electrons. The Morgan fingerprint density at radius 1 is 1.00 bits per heavy atom. The first-order chi connectivity index (χ1) is 15.7. The minimum atomic E-state index is 0.132. The molecule has 0 bridgehead atoms. The van der Waals surface area contributed by atoms with E-state index in [2.05, 4.69) is 31.8 Å². The zero-order valence-corrected chi connectivity index (χ0v) is 18.7.